The van der Waals surface area contributed by atoms with Crippen molar-refractivity contribution in [3.63, 3.8) is 0 Å². The minimum atomic E-state index is -3.37. The highest BCUT2D eigenvalue weighted by Crippen LogP contribution is 2.40. The van der Waals surface area contributed by atoms with E-state index in [2.05, 4.69) is 5.32 Å². The number of rotatable bonds is 13. The van der Waals surface area contributed by atoms with Crippen LogP contribution < -0.4 is 5.32 Å². The van der Waals surface area contributed by atoms with Crippen molar-refractivity contribution >= 4 is 23.2 Å². The molecular formula is C25H31F2NO4S. The van der Waals surface area contributed by atoms with E-state index in [1.54, 1.807) is 12.1 Å². The van der Waals surface area contributed by atoms with Crippen molar-refractivity contribution in [2.24, 2.45) is 0 Å². The van der Waals surface area contributed by atoms with Crippen LogP contribution in [-0.4, -0.2) is 39.7 Å². The van der Waals surface area contributed by atoms with Gasteiger partial charge in [-0.25, -0.2) is 4.79 Å². The number of aliphatic hydroxyl groups excluding tert-OH is 1. The maximum absolute atomic E-state index is 14.1. The van der Waals surface area contributed by atoms with Crippen molar-refractivity contribution in [1.29, 1.82) is 0 Å². The molecule has 1 aromatic heterocycles. The molecule has 1 aromatic carbocycles. The van der Waals surface area contributed by atoms with Gasteiger partial charge in [0.1, 0.15) is 4.88 Å². The number of carboxylic acid groups (broad SMARTS) is 1. The second kappa shape index (κ2) is 11.2. The molecule has 2 aromatic rings. The van der Waals surface area contributed by atoms with E-state index in [1.807, 2.05) is 30.3 Å². The molecule has 2 heterocycles. The molecule has 2 unspecified atom stereocenters. The maximum Gasteiger partial charge on any atom is 0.345 e. The van der Waals surface area contributed by atoms with Gasteiger partial charge in [-0.1, -0.05) is 43.2 Å². The van der Waals surface area contributed by atoms with Crippen LogP contribution in [0, 0.1) is 0 Å². The molecule has 0 bridgehead atoms. The van der Waals surface area contributed by atoms with E-state index in [1.165, 1.54) is 16.9 Å². The minimum absolute atomic E-state index is 0.256. The fourth-order valence-electron chi connectivity index (χ4n) is 4.50. The molecular weight excluding hydrogens is 448 g/mol. The van der Waals surface area contributed by atoms with E-state index in [4.69, 9.17) is 5.11 Å². The van der Waals surface area contributed by atoms with Crippen molar-refractivity contribution in [3.8, 4) is 0 Å². The molecule has 0 radical (unpaired) electrons. The Morgan fingerprint density at radius 2 is 1.76 bits per heavy atom. The summed E-state index contributed by atoms with van der Waals surface area (Å²) < 4.78 is 28.1. The maximum atomic E-state index is 14.1. The predicted octanol–water partition coefficient (Wildman–Crippen LogP) is 5.22. The number of carbonyl (C=O) groups is 2. The molecule has 1 saturated heterocycles. The largest absolute Gasteiger partial charge is 0.477 e. The summed E-state index contributed by atoms with van der Waals surface area (Å²) in [5.74, 6) is -5.56. The van der Waals surface area contributed by atoms with Gasteiger partial charge >= 0.3 is 11.9 Å². The lowest BCUT2D eigenvalue weighted by Crippen LogP contribution is -2.41. The Kier molecular flexibility index (Phi) is 8.59. The number of halogens is 2. The predicted molar refractivity (Wildman–Crippen MR) is 124 cm³/mol. The Bertz CT molecular complexity index is 933. The fraction of sp³-hybridized carbons (Fsp3) is 0.520. The van der Waals surface area contributed by atoms with Gasteiger partial charge in [-0.3, -0.25) is 4.79 Å². The zero-order valence-electron chi connectivity index (χ0n) is 18.6. The smallest absolute Gasteiger partial charge is 0.345 e. The molecule has 1 aliphatic rings. The SMILES string of the molecule is O=C(O)c1ccc(CCCC2(CCCCC(O)CCc3ccccc3)CC(F)(F)C(=O)N2)s1. The third-order valence-corrected chi connectivity index (χ3v) is 7.41. The number of hydrogen-bond donors (Lipinski definition) is 3. The molecule has 3 N–H and O–H groups in total. The van der Waals surface area contributed by atoms with Crippen LogP contribution in [0.2, 0.25) is 0 Å². The third kappa shape index (κ3) is 7.33. The molecule has 0 aliphatic carbocycles. The zero-order valence-corrected chi connectivity index (χ0v) is 19.4. The van der Waals surface area contributed by atoms with Crippen LogP contribution >= 0.6 is 11.3 Å². The summed E-state index contributed by atoms with van der Waals surface area (Å²) in [6.07, 6.45) is 4.44. The summed E-state index contributed by atoms with van der Waals surface area (Å²) in [5.41, 5.74) is 0.218. The molecule has 3 rings (SSSR count). The molecule has 8 heteroatoms. The molecule has 5 nitrogen and oxygen atoms in total. The average Bonchev–Trinajstić information content (AvgIpc) is 3.33. The molecule has 0 spiro atoms. The van der Waals surface area contributed by atoms with Gasteiger partial charge in [0.15, 0.2) is 0 Å². The summed E-state index contributed by atoms with van der Waals surface area (Å²) in [6, 6.07) is 13.2. The van der Waals surface area contributed by atoms with Crippen LogP contribution in [0.25, 0.3) is 0 Å². The summed E-state index contributed by atoms with van der Waals surface area (Å²) in [7, 11) is 0. The molecule has 1 fully saturated rings. The van der Waals surface area contributed by atoms with Gasteiger partial charge in [0.05, 0.1) is 6.10 Å². The average molecular weight is 480 g/mol. The zero-order chi connectivity index (χ0) is 23.9. The number of aryl methyl sites for hydroxylation is 2. The van der Waals surface area contributed by atoms with Crippen LogP contribution in [-0.2, 0) is 17.6 Å². The number of unbranched alkanes of at least 4 members (excludes halogenated alkanes) is 1. The lowest BCUT2D eigenvalue weighted by Gasteiger charge is -2.29. The molecule has 2 atom stereocenters. The van der Waals surface area contributed by atoms with E-state index in [-0.39, 0.29) is 4.88 Å². The summed E-state index contributed by atoms with van der Waals surface area (Å²) in [4.78, 5) is 24.0. The molecule has 0 saturated carbocycles. The fourth-order valence-corrected chi connectivity index (χ4v) is 5.39. The highest BCUT2D eigenvalue weighted by Gasteiger charge is 2.55. The monoisotopic (exact) mass is 479 g/mol. The van der Waals surface area contributed by atoms with E-state index in [0.29, 0.717) is 51.4 Å². The number of carbonyl (C=O) groups excluding carboxylic acids is 1. The number of carboxylic acids is 1. The number of thiophene rings is 1. The van der Waals surface area contributed by atoms with Crippen LogP contribution in [0.3, 0.4) is 0 Å². The van der Waals surface area contributed by atoms with E-state index in [9.17, 15) is 23.5 Å². The van der Waals surface area contributed by atoms with Crippen molar-refractivity contribution in [2.45, 2.75) is 81.8 Å². The van der Waals surface area contributed by atoms with E-state index < -0.39 is 35.9 Å². The molecule has 1 amide bonds. The van der Waals surface area contributed by atoms with Crippen LogP contribution in [0.5, 0.6) is 0 Å². The first kappa shape index (κ1) is 25.3. The Balaban J connectivity index is 1.46. The Morgan fingerprint density at radius 1 is 1.03 bits per heavy atom. The topological polar surface area (TPSA) is 86.6 Å². The molecule has 180 valence electrons. The summed E-state index contributed by atoms with van der Waals surface area (Å²) >= 11 is 1.19. The van der Waals surface area contributed by atoms with Crippen molar-refractivity contribution < 1.29 is 28.6 Å². The van der Waals surface area contributed by atoms with Crippen LogP contribution in [0.1, 0.15) is 71.5 Å². The quantitative estimate of drug-likeness (QED) is 0.344. The summed E-state index contributed by atoms with van der Waals surface area (Å²) in [6.45, 7) is 0. The Labute approximate surface area is 196 Å². The number of nitrogens with one attached hydrogen (secondary N) is 1. The van der Waals surface area contributed by atoms with Crippen molar-refractivity contribution in [1.82, 2.24) is 5.32 Å². The van der Waals surface area contributed by atoms with Gasteiger partial charge in [0.25, 0.3) is 5.91 Å². The first-order chi connectivity index (χ1) is 15.7. The second-order valence-corrected chi connectivity index (χ2v) is 10.1. The van der Waals surface area contributed by atoms with Gasteiger partial charge in [0, 0.05) is 16.8 Å². The van der Waals surface area contributed by atoms with Crippen molar-refractivity contribution in [3.05, 3.63) is 57.8 Å². The van der Waals surface area contributed by atoms with Crippen molar-refractivity contribution in [2.75, 3.05) is 0 Å². The number of benzene rings is 1. The lowest BCUT2D eigenvalue weighted by molar-refractivity contribution is -0.139. The number of aromatic carboxylic acids is 1. The highest BCUT2D eigenvalue weighted by atomic mass is 32.1. The van der Waals surface area contributed by atoms with E-state index >= 15 is 0 Å². The number of alkyl halides is 2. The van der Waals surface area contributed by atoms with Gasteiger partial charge < -0.3 is 15.5 Å². The third-order valence-electron chi connectivity index (χ3n) is 6.27. The Hall–Kier alpha value is -2.32. The van der Waals surface area contributed by atoms with Gasteiger partial charge in [-0.15, -0.1) is 11.3 Å². The van der Waals surface area contributed by atoms with Gasteiger partial charge in [-0.05, 0) is 62.6 Å². The normalized spacial score (nSPS) is 20.5. The number of amides is 1. The first-order valence-electron chi connectivity index (χ1n) is 11.4. The minimum Gasteiger partial charge on any atom is -0.477 e. The number of aliphatic hydroxyl groups is 1. The molecule has 33 heavy (non-hydrogen) atoms. The number of hydrogen-bond acceptors (Lipinski definition) is 4. The second-order valence-electron chi connectivity index (χ2n) is 8.96. The standard InChI is InChI=1S/C25H31F2NO4S/c26-25(27)17-24(28-23(25)32,16-6-10-20-13-14-21(33-20)22(30)31)15-5-4-9-19(29)12-11-18-7-2-1-3-8-18/h1-3,7-8,13-14,19,29H,4-6,9-12,15-17H2,(H,28,32)(H,30,31). The highest BCUT2D eigenvalue weighted by molar-refractivity contribution is 7.13. The lowest BCUT2D eigenvalue weighted by atomic mass is 9.84. The first-order valence-corrected chi connectivity index (χ1v) is 12.3. The summed E-state index contributed by atoms with van der Waals surface area (Å²) in [5, 5.41) is 21.9. The van der Waals surface area contributed by atoms with E-state index in [0.717, 1.165) is 11.3 Å². The van der Waals surface area contributed by atoms with Gasteiger partial charge in [-0.2, -0.15) is 8.78 Å². The van der Waals surface area contributed by atoms with Gasteiger partial charge in [0.2, 0.25) is 0 Å². The Morgan fingerprint density at radius 3 is 2.39 bits per heavy atom. The molecule has 1 aliphatic heterocycles. The van der Waals surface area contributed by atoms with Crippen LogP contribution in [0.15, 0.2) is 42.5 Å². The van der Waals surface area contributed by atoms with Crippen LogP contribution in [0.4, 0.5) is 8.78 Å².